The van der Waals surface area contributed by atoms with Crippen LogP contribution in [0.2, 0.25) is 0 Å². The van der Waals surface area contributed by atoms with Crippen LogP contribution in [0.4, 0.5) is 11.5 Å². The van der Waals surface area contributed by atoms with Crippen molar-refractivity contribution in [2.75, 3.05) is 19.0 Å². The molecule has 0 saturated carbocycles. The van der Waals surface area contributed by atoms with Gasteiger partial charge in [-0.3, -0.25) is 14.8 Å². The number of likely N-dealkylation sites (tertiary alicyclic amines) is 1. The molecule has 0 bridgehead atoms. The van der Waals surface area contributed by atoms with Gasteiger partial charge in [-0.15, -0.1) is 0 Å². The highest BCUT2D eigenvalue weighted by Crippen LogP contribution is 2.32. The van der Waals surface area contributed by atoms with Crippen LogP contribution in [-0.2, 0) is 4.79 Å². The minimum atomic E-state index is 0.0600. The zero-order chi connectivity index (χ0) is 22.7. The number of hydrogen-bond donors (Lipinski definition) is 1. The second-order valence-corrected chi connectivity index (χ2v) is 8.28. The minimum Gasteiger partial charge on any atom is -0.495 e. The Kier molecular flexibility index (Phi) is 6.30. The van der Waals surface area contributed by atoms with Crippen molar-refractivity contribution in [3.8, 4) is 17.0 Å². The number of amides is 1. The van der Waals surface area contributed by atoms with E-state index in [9.17, 15) is 4.79 Å². The predicted octanol–water partition coefficient (Wildman–Crippen LogP) is 4.11. The summed E-state index contributed by atoms with van der Waals surface area (Å²) in [6.07, 6.45) is 8.85. The first-order valence-corrected chi connectivity index (χ1v) is 10.8. The number of carbonyl (C=O) groups excluding carboxylic acids is 1. The molecule has 1 aliphatic rings. The molecule has 8 heteroatoms. The molecule has 0 aromatic carbocycles. The van der Waals surface area contributed by atoms with Crippen LogP contribution in [0.15, 0.2) is 43.0 Å². The summed E-state index contributed by atoms with van der Waals surface area (Å²) < 4.78 is 5.34. The summed E-state index contributed by atoms with van der Waals surface area (Å²) in [6.45, 7) is 6.32. The molecule has 2 atom stereocenters. The van der Waals surface area contributed by atoms with Gasteiger partial charge in [-0.1, -0.05) is 0 Å². The van der Waals surface area contributed by atoms with Crippen LogP contribution in [0, 0.1) is 6.92 Å². The molecular weight excluding hydrogens is 404 g/mol. The van der Waals surface area contributed by atoms with Gasteiger partial charge in [0, 0.05) is 49.5 Å². The lowest BCUT2D eigenvalue weighted by molar-refractivity contribution is -0.132. The van der Waals surface area contributed by atoms with Crippen molar-refractivity contribution in [3.63, 3.8) is 0 Å². The number of pyridine rings is 2. The van der Waals surface area contributed by atoms with E-state index in [-0.39, 0.29) is 17.9 Å². The second-order valence-electron chi connectivity index (χ2n) is 8.28. The van der Waals surface area contributed by atoms with Crippen LogP contribution in [-0.4, -0.2) is 50.4 Å². The fourth-order valence-corrected chi connectivity index (χ4v) is 4.06. The first-order valence-electron chi connectivity index (χ1n) is 10.8. The van der Waals surface area contributed by atoms with Crippen molar-refractivity contribution in [1.82, 2.24) is 24.8 Å². The Bertz CT molecular complexity index is 1120. The van der Waals surface area contributed by atoms with Crippen LogP contribution in [0.1, 0.15) is 44.0 Å². The number of carbonyl (C=O) groups is 1. The van der Waals surface area contributed by atoms with E-state index >= 15 is 0 Å². The fourth-order valence-electron chi connectivity index (χ4n) is 4.06. The normalized spacial score (nSPS) is 18.3. The lowest BCUT2D eigenvalue weighted by atomic mass is 9.92. The lowest BCUT2D eigenvalue weighted by Gasteiger charge is -2.37. The molecule has 4 heterocycles. The number of nitrogens with zero attached hydrogens (tertiary/aromatic N) is 5. The number of rotatable bonds is 5. The number of aromatic nitrogens is 4. The van der Waals surface area contributed by atoms with Crippen LogP contribution in [0.3, 0.4) is 0 Å². The predicted molar refractivity (Wildman–Crippen MR) is 123 cm³/mol. The summed E-state index contributed by atoms with van der Waals surface area (Å²) in [6, 6.07) is 6.05. The topological polar surface area (TPSA) is 93.1 Å². The number of hydrogen-bond acceptors (Lipinski definition) is 7. The number of nitrogens with one attached hydrogen (secondary N) is 1. The average molecular weight is 433 g/mol. The maximum atomic E-state index is 12.1. The Morgan fingerprint density at radius 2 is 1.91 bits per heavy atom. The van der Waals surface area contributed by atoms with Crippen molar-refractivity contribution in [2.45, 2.75) is 45.6 Å². The monoisotopic (exact) mass is 432 g/mol. The van der Waals surface area contributed by atoms with E-state index in [4.69, 9.17) is 14.7 Å². The highest BCUT2D eigenvalue weighted by molar-refractivity contribution is 5.74. The van der Waals surface area contributed by atoms with E-state index in [2.05, 4.69) is 22.2 Å². The summed E-state index contributed by atoms with van der Waals surface area (Å²) >= 11 is 0. The molecule has 0 spiro atoms. The molecule has 1 N–H and O–H groups in total. The van der Waals surface area contributed by atoms with Gasteiger partial charge in [0.1, 0.15) is 17.4 Å². The zero-order valence-electron chi connectivity index (χ0n) is 18.9. The third-order valence-electron chi connectivity index (χ3n) is 5.79. The van der Waals surface area contributed by atoms with E-state index in [1.54, 1.807) is 32.6 Å². The van der Waals surface area contributed by atoms with Crippen LogP contribution < -0.4 is 10.1 Å². The highest BCUT2D eigenvalue weighted by Gasteiger charge is 2.30. The Morgan fingerprint density at radius 3 is 2.66 bits per heavy atom. The summed E-state index contributed by atoms with van der Waals surface area (Å²) in [5, 5.41) is 3.36. The SMILES string of the molecule is COc1cncc(-c2cc(Nc3cncc(C)c3)nc([C@H]3CC[C@H](C)N(C(C)=O)C3)n2)c1. The summed E-state index contributed by atoms with van der Waals surface area (Å²) in [7, 11) is 1.61. The maximum Gasteiger partial charge on any atom is 0.219 e. The highest BCUT2D eigenvalue weighted by atomic mass is 16.5. The van der Waals surface area contributed by atoms with Gasteiger partial charge in [0.2, 0.25) is 5.91 Å². The van der Waals surface area contributed by atoms with E-state index in [1.807, 2.05) is 36.2 Å². The van der Waals surface area contributed by atoms with E-state index in [1.165, 1.54) is 0 Å². The number of ether oxygens (including phenoxy) is 1. The van der Waals surface area contributed by atoms with Crippen LogP contribution in [0.25, 0.3) is 11.3 Å². The Labute approximate surface area is 188 Å². The van der Waals surface area contributed by atoms with Crippen molar-refractivity contribution in [1.29, 1.82) is 0 Å². The smallest absolute Gasteiger partial charge is 0.219 e. The molecule has 1 saturated heterocycles. The van der Waals surface area contributed by atoms with Gasteiger partial charge in [0.15, 0.2) is 0 Å². The standard InChI is InChI=1S/C24H28N6O2/c1-15-7-20(12-25-10-15)27-23-9-22(19-8-21(32-4)13-26-11-19)28-24(29-23)18-6-5-16(2)30(14-18)17(3)31/h7-13,16,18H,5-6,14H2,1-4H3,(H,27,28,29)/t16-,18-/m0/s1. The van der Waals surface area contributed by atoms with E-state index in [0.717, 1.165) is 35.3 Å². The summed E-state index contributed by atoms with van der Waals surface area (Å²) in [5.74, 6) is 2.19. The van der Waals surface area contributed by atoms with Gasteiger partial charge >= 0.3 is 0 Å². The molecule has 166 valence electrons. The summed E-state index contributed by atoms with van der Waals surface area (Å²) in [4.78, 5) is 32.3. The molecular formula is C24H28N6O2. The number of aryl methyl sites for hydroxylation is 1. The van der Waals surface area contributed by atoms with Gasteiger partial charge < -0.3 is 15.0 Å². The van der Waals surface area contributed by atoms with E-state index < -0.39 is 0 Å². The second kappa shape index (κ2) is 9.30. The third-order valence-corrected chi connectivity index (χ3v) is 5.79. The van der Waals surface area contributed by atoms with Gasteiger partial charge in [0.25, 0.3) is 0 Å². The van der Waals surface area contributed by atoms with Crippen LogP contribution in [0.5, 0.6) is 5.75 Å². The molecule has 3 aromatic rings. The molecule has 1 fully saturated rings. The molecule has 4 rings (SSSR count). The first-order chi connectivity index (χ1) is 15.4. The van der Waals surface area contributed by atoms with Gasteiger partial charge in [-0.25, -0.2) is 9.97 Å². The minimum absolute atomic E-state index is 0.0600. The number of methoxy groups -OCH3 is 1. The molecule has 0 unspecified atom stereocenters. The Morgan fingerprint density at radius 1 is 1.09 bits per heavy atom. The van der Waals surface area contributed by atoms with Gasteiger partial charge in [0.05, 0.1) is 30.9 Å². The fraction of sp³-hybridized carbons (Fsp3) is 0.375. The lowest BCUT2D eigenvalue weighted by Crippen LogP contribution is -2.44. The number of piperidine rings is 1. The number of anilines is 2. The third kappa shape index (κ3) is 4.85. The molecule has 0 radical (unpaired) electrons. The molecule has 0 aliphatic carbocycles. The molecule has 32 heavy (non-hydrogen) atoms. The quantitative estimate of drug-likeness (QED) is 0.648. The maximum absolute atomic E-state index is 12.1. The van der Waals surface area contributed by atoms with Crippen molar-refractivity contribution in [2.24, 2.45) is 0 Å². The Balaban J connectivity index is 1.74. The zero-order valence-corrected chi connectivity index (χ0v) is 18.9. The molecule has 1 amide bonds. The molecule has 3 aromatic heterocycles. The summed E-state index contributed by atoms with van der Waals surface area (Å²) in [5.41, 5.74) is 3.50. The van der Waals surface area contributed by atoms with Gasteiger partial charge in [-0.2, -0.15) is 0 Å². The molecule has 8 nitrogen and oxygen atoms in total. The largest absolute Gasteiger partial charge is 0.495 e. The van der Waals surface area contributed by atoms with Crippen LogP contribution >= 0.6 is 0 Å². The average Bonchev–Trinajstić information content (AvgIpc) is 2.79. The first kappa shape index (κ1) is 21.7. The van der Waals surface area contributed by atoms with Crippen molar-refractivity contribution in [3.05, 3.63) is 54.4 Å². The Hall–Kier alpha value is -3.55. The van der Waals surface area contributed by atoms with Crippen molar-refractivity contribution >= 4 is 17.4 Å². The van der Waals surface area contributed by atoms with Crippen molar-refractivity contribution < 1.29 is 9.53 Å². The van der Waals surface area contributed by atoms with Gasteiger partial charge in [-0.05, 0) is 44.4 Å². The molecule has 1 aliphatic heterocycles. The van der Waals surface area contributed by atoms with E-state index in [0.29, 0.717) is 23.9 Å².